The SMILES string of the molecule is CC1CN(C(=O)c2cc(C(F)(F)F)no2)CC1NC(=O)c1ccc(C(N)=O)[nH]1. The monoisotopic (exact) mass is 399 g/mol. The molecule has 0 radical (unpaired) electrons. The van der Waals surface area contributed by atoms with Gasteiger partial charge in [0.1, 0.15) is 11.4 Å². The van der Waals surface area contributed by atoms with Gasteiger partial charge in [0, 0.05) is 19.2 Å². The van der Waals surface area contributed by atoms with Gasteiger partial charge in [0.25, 0.3) is 17.7 Å². The van der Waals surface area contributed by atoms with Crippen LogP contribution in [-0.4, -0.2) is 51.9 Å². The minimum absolute atomic E-state index is 0.0761. The summed E-state index contributed by atoms with van der Waals surface area (Å²) in [7, 11) is 0. The van der Waals surface area contributed by atoms with E-state index in [9.17, 15) is 27.6 Å². The molecule has 3 rings (SSSR count). The van der Waals surface area contributed by atoms with E-state index in [1.54, 1.807) is 6.92 Å². The minimum Gasteiger partial charge on any atom is -0.364 e. The van der Waals surface area contributed by atoms with E-state index in [4.69, 9.17) is 5.73 Å². The van der Waals surface area contributed by atoms with Crippen LogP contribution in [0.25, 0.3) is 0 Å². The van der Waals surface area contributed by atoms with Crippen LogP contribution in [0.15, 0.2) is 22.7 Å². The molecule has 0 aliphatic carbocycles. The quantitative estimate of drug-likeness (QED) is 0.705. The number of alkyl halides is 3. The zero-order chi connectivity index (χ0) is 20.6. The summed E-state index contributed by atoms with van der Waals surface area (Å²) in [6, 6.07) is 2.86. The van der Waals surface area contributed by atoms with Gasteiger partial charge in [0.05, 0.1) is 6.04 Å². The van der Waals surface area contributed by atoms with Gasteiger partial charge in [-0.2, -0.15) is 13.2 Å². The topological polar surface area (TPSA) is 134 Å². The van der Waals surface area contributed by atoms with Crippen LogP contribution in [0.1, 0.15) is 44.1 Å². The number of nitrogens with one attached hydrogen (secondary N) is 2. The fourth-order valence-electron chi connectivity index (χ4n) is 2.90. The number of nitrogens with two attached hydrogens (primary N) is 1. The molecule has 0 spiro atoms. The van der Waals surface area contributed by atoms with E-state index in [2.05, 4.69) is 20.0 Å². The van der Waals surface area contributed by atoms with Crippen molar-refractivity contribution in [2.45, 2.75) is 19.1 Å². The number of nitrogens with zero attached hydrogens (tertiary/aromatic N) is 2. The summed E-state index contributed by atoms with van der Waals surface area (Å²) in [5.41, 5.74) is 4.03. The Balaban J connectivity index is 1.65. The van der Waals surface area contributed by atoms with Gasteiger partial charge in [0.2, 0.25) is 5.76 Å². The molecule has 9 nitrogen and oxygen atoms in total. The van der Waals surface area contributed by atoms with Gasteiger partial charge in [-0.15, -0.1) is 0 Å². The highest BCUT2D eigenvalue weighted by Gasteiger charge is 2.39. The molecule has 4 N–H and O–H groups in total. The maximum atomic E-state index is 12.6. The first-order valence-corrected chi connectivity index (χ1v) is 8.19. The van der Waals surface area contributed by atoms with Crippen LogP contribution >= 0.6 is 0 Å². The molecule has 0 saturated carbocycles. The minimum atomic E-state index is -4.71. The summed E-state index contributed by atoms with van der Waals surface area (Å²) in [6.45, 7) is 2.07. The Bertz CT molecular complexity index is 920. The molecule has 2 atom stereocenters. The van der Waals surface area contributed by atoms with Crippen molar-refractivity contribution < 1.29 is 32.1 Å². The first-order chi connectivity index (χ1) is 13.1. The number of likely N-dealkylation sites (tertiary alicyclic amines) is 1. The molecule has 28 heavy (non-hydrogen) atoms. The Morgan fingerprint density at radius 3 is 2.54 bits per heavy atom. The van der Waals surface area contributed by atoms with E-state index < -0.39 is 41.4 Å². The molecule has 2 aromatic rings. The Morgan fingerprint density at radius 1 is 1.29 bits per heavy atom. The molecule has 2 unspecified atom stereocenters. The number of carbonyl (C=O) groups is 3. The van der Waals surface area contributed by atoms with Gasteiger partial charge in [-0.1, -0.05) is 12.1 Å². The van der Waals surface area contributed by atoms with E-state index in [1.165, 1.54) is 17.0 Å². The third kappa shape index (κ3) is 3.85. The van der Waals surface area contributed by atoms with Crippen LogP contribution in [0, 0.1) is 5.92 Å². The molecule has 1 saturated heterocycles. The second-order valence-corrected chi connectivity index (χ2v) is 6.49. The number of H-pyrrole nitrogens is 1. The maximum Gasteiger partial charge on any atom is 0.436 e. The molecule has 12 heteroatoms. The molecule has 3 heterocycles. The third-order valence-electron chi connectivity index (χ3n) is 4.42. The van der Waals surface area contributed by atoms with Gasteiger partial charge in [-0.05, 0) is 18.1 Å². The highest BCUT2D eigenvalue weighted by Crippen LogP contribution is 2.29. The van der Waals surface area contributed by atoms with Crippen molar-refractivity contribution in [2.75, 3.05) is 13.1 Å². The van der Waals surface area contributed by atoms with E-state index >= 15 is 0 Å². The van der Waals surface area contributed by atoms with Crippen molar-refractivity contribution in [1.82, 2.24) is 20.4 Å². The first-order valence-electron chi connectivity index (χ1n) is 8.19. The zero-order valence-corrected chi connectivity index (χ0v) is 14.5. The second-order valence-electron chi connectivity index (χ2n) is 6.49. The Morgan fingerprint density at radius 2 is 1.96 bits per heavy atom. The van der Waals surface area contributed by atoms with Crippen LogP contribution in [0.5, 0.6) is 0 Å². The fraction of sp³-hybridized carbons (Fsp3) is 0.375. The molecule has 3 amide bonds. The standard InChI is InChI=1S/C16H16F3N5O4/c1-7-5-24(15(27)11-4-12(23-28-11)16(17,18)19)6-10(7)22-14(26)9-3-2-8(21-9)13(20)25/h2-4,7,10,21H,5-6H2,1H3,(H2,20,25)(H,22,26). The summed E-state index contributed by atoms with van der Waals surface area (Å²) in [5, 5.41) is 5.58. The number of halogens is 3. The van der Waals surface area contributed by atoms with Gasteiger partial charge < -0.3 is 25.5 Å². The molecule has 150 valence electrons. The van der Waals surface area contributed by atoms with Crippen LogP contribution < -0.4 is 11.1 Å². The summed E-state index contributed by atoms with van der Waals surface area (Å²) >= 11 is 0. The van der Waals surface area contributed by atoms with Crippen LogP contribution in [0.3, 0.4) is 0 Å². The molecular formula is C16H16F3N5O4. The number of aromatic amines is 1. The largest absolute Gasteiger partial charge is 0.436 e. The molecule has 0 bridgehead atoms. The molecule has 1 fully saturated rings. The lowest BCUT2D eigenvalue weighted by atomic mass is 10.1. The van der Waals surface area contributed by atoms with E-state index in [0.717, 1.165) is 0 Å². The van der Waals surface area contributed by atoms with Crippen molar-refractivity contribution in [3.63, 3.8) is 0 Å². The molecule has 1 aliphatic heterocycles. The lowest BCUT2D eigenvalue weighted by Crippen LogP contribution is -2.40. The van der Waals surface area contributed by atoms with Crippen LogP contribution in [0.2, 0.25) is 0 Å². The maximum absolute atomic E-state index is 12.6. The van der Waals surface area contributed by atoms with Crippen molar-refractivity contribution in [1.29, 1.82) is 0 Å². The van der Waals surface area contributed by atoms with Gasteiger partial charge >= 0.3 is 6.18 Å². The van der Waals surface area contributed by atoms with Crippen molar-refractivity contribution in [3.05, 3.63) is 41.0 Å². The lowest BCUT2D eigenvalue weighted by Gasteiger charge is -2.16. The summed E-state index contributed by atoms with van der Waals surface area (Å²) in [5.74, 6) is -2.65. The third-order valence-corrected chi connectivity index (χ3v) is 4.42. The number of hydrogen-bond donors (Lipinski definition) is 3. The number of primary amides is 1. The fourth-order valence-corrected chi connectivity index (χ4v) is 2.90. The molecular weight excluding hydrogens is 383 g/mol. The number of rotatable bonds is 4. The molecule has 1 aliphatic rings. The summed E-state index contributed by atoms with van der Waals surface area (Å²) in [4.78, 5) is 39.6. The van der Waals surface area contributed by atoms with Crippen molar-refractivity contribution in [3.8, 4) is 0 Å². The smallest absolute Gasteiger partial charge is 0.364 e. The number of aromatic nitrogens is 2. The van der Waals surface area contributed by atoms with Crippen molar-refractivity contribution >= 4 is 17.7 Å². The van der Waals surface area contributed by atoms with Gasteiger partial charge in [-0.25, -0.2) is 0 Å². The second kappa shape index (κ2) is 7.02. The van der Waals surface area contributed by atoms with Gasteiger partial charge in [0.15, 0.2) is 5.69 Å². The highest BCUT2D eigenvalue weighted by atomic mass is 19.4. The van der Waals surface area contributed by atoms with Gasteiger partial charge in [-0.3, -0.25) is 14.4 Å². The van der Waals surface area contributed by atoms with E-state index in [-0.39, 0.29) is 30.4 Å². The Labute approximate surface area is 156 Å². The zero-order valence-electron chi connectivity index (χ0n) is 14.5. The lowest BCUT2D eigenvalue weighted by molar-refractivity contribution is -0.142. The summed E-state index contributed by atoms with van der Waals surface area (Å²) < 4.78 is 42.3. The van der Waals surface area contributed by atoms with E-state index in [0.29, 0.717) is 6.07 Å². The average molecular weight is 399 g/mol. The normalized spacial score (nSPS) is 19.6. The highest BCUT2D eigenvalue weighted by molar-refractivity contribution is 5.97. The molecule has 0 aromatic carbocycles. The number of carbonyl (C=O) groups excluding carboxylic acids is 3. The molecule has 2 aromatic heterocycles. The Hall–Kier alpha value is -3.31. The van der Waals surface area contributed by atoms with E-state index in [1.807, 2.05) is 0 Å². The first kappa shape index (κ1) is 19.5. The predicted molar refractivity (Wildman–Crippen MR) is 87.1 cm³/mol. The van der Waals surface area contributed by atoms with Crippen LogP contribution in [-0.2, 0) is 6.18 Å². The predicted octanol–water partition coefficient (Wildman–Crippen LogP) is 1.01. The Kier molecular flexibility index (Phi) is 4.87. The van der Waals surface area contributed by atoms with Crippen molar-refractivity contribution in [2.24, 2.45) is 11.7 Å². The number of amides is 3. The summed E-state index contributed by atoms with van der Waals surface area (Å²) in [6.07, 6.45) is -4.71. The van der Waals surface area contributed by atoms with Crippen LogP contribution in [0.4, 0.5) is 13.2 Å². The number of hydrogen-bond acceptors (Lipinski definition) is 5. The average Bonchev–Trinajstić information content (AvgIpc) is 3.33.